The van der Waals surface area contributed by atoms with Crippen molar-refractivity contribution < 1.29 is 4.74 Å². The van der Waals surface area contributed by atoms with Gasteiger partial charge < -0.3 is 4.74 Å². The van der Waals surface area contributed by atoms with Crippen LogP contribution in [0.25, 0.3) is 11.2 Å². The largest absolute Gasteiger partial charge is 0.354 e. The molecule has 2 aromatic rings. The molecule has 0 bridgehead atoms. The first-order valence-corrected chi connectivity index (χ1v) is 7.90. The minimum absolute atomic E-state index is 0.0270. The summed E-state index contributed by atoms with van der Waals surface area (Å²) in [5.74, 6) is 2.02. The standard InChI is InChI=1S/C16H24N4O/c1-6-12-9(3)16(21-13(12)7-2)20-11(5)19-14-10(4)17-8-18-15(14)20/h8-9,12-13,16H,6-7H2,1-5H3/t9?,12?,13-,16-/m1/s1. The molecule has 0 aliphatic carbocycles. The van der Waals surface area contributed by atoms with Gasteiger partial charge in [-0.3, -0.25) is 4.57 Å². The molecular weight excluding hydrogens is 264 g/mol. The Labute approximate surface area is 125 Å². The zero-order valence-electron chi connectivity index (χ0n) is 13.5. The number of aryl methyl sites for hydroxylation is 2. The molecule has 0 aromatic carbocycles. The normalized spacial score (nSPS) is 29.4. The lowest BCUT2D eigenvalue weighted by molar-refractivity contribution is -0.0137. The minimum atomic E-state index is 0.0270. The molecule has 4 atom stereocenters. The van der Waals surface area contributed by atoms with E-state index < -0.39 is 0 Å². The van der Waals surface area contributed by atoms with E-state index in [0.29, 0.717) is 17.9 Å². The van der Waals surface area contributed by atoms with Gasteiger partial charge in [-0.2, -0.15) is 0 Å². The van der Waals surface area contributed by atoms with Crippen LogP contribution < -0.4 is 0 Å². The summed E-state index contributed by atoms with van der Waals surface area (Å²) in [6.45, 7) is 10.7. The fourth-order valence-corrected chi connectivity index (χ4v) is 3.72. The first-order chi connectivity index (χ1) is 10.1. The summed E-state index contributed by atoms with van der Waals surface area (Å²) in [5, 5.41) is 0. The highest BCUT2D eigenvalue weighted by Crippen LogP contribution is 2.43. The Kier molecular flexibility index (Phi) is 3.69. The van der Waals surface area contributed by atoms with Crippen LogP contribution in [0.1, 0.15) is 51.4 Å². The lowest BCUT2D eigenvalue weighted by atomic mass is 9.87. The van der Waals surface area contributed by atoms with Crippen molar-refractivity contribution in [3.8, 4) is 0 Å². The number of hydrogen-bond donors (Lipinski definition) is 0. The van der Waals surface area contributed by atoms with Gasteiger partial charge in [0.1, 0.15) is 23.9 Å². The van der Waals surface area contributed by atoms with E-state index in [1.807, 2.05) is 13.8 Å². The van der Waals surface area contributed by atoms with Gasteiger partial charge in [0, 0.05) is 5.92 Å². The molecule has 0 N–H and O–H groups in total. The zero-order chi connectivity index (χ0) is 15.1. The Balaban J connectivity index is 2.09. The second kappa shape index (κ2) is 5.37. The molecule has 2 unspecified atom stereocenters. The van der Waals surface area contributed by atoms with Crippen LogP contribution in [0.2, 0.25) is 0 Å². The highest BCUT2D eigenvalue weighted by Gasteiger charge is 2.41. The second-order valence-electron chi connectivity index (χ2n) is 6.06. The van der Waals surface area contributed by atoms with E-state index in [4.69, 9.17) is 4.74 Å². The summed E-state index contributed by atoms with van der Waals surface area (Å²) >= 11 is 0. The van der Waals surface area contributed by atoms with Crippen LogP contribution in [-0.4, -0.2) is 25.6 Å². The number of ether oxygens (including phenoxy) is 1. The summed E-state index contributed by atoms with van der Waals surface area (Å²) in [5.41, 5.74) is 2.70. The van der Waals surface area contributed by atoms with Gasteiger partial charge in [0.05, 0.1) is 11.8 Å². The molecule has 1 fully saturated rings. The molecule has 1 aliphatic heterocycles. The van der Waals surface area contributed by atoms with Crippen LogP contribution in [0.15, 0.2) is 6.33 Å². The van der Waals surface area contributed by atoms with E-state index >= 15 is 0 Å². The number of nitrogens with zero attached hydrogens (tertiary/aromatic N) is 4. The van der Waals surface area contributed by atoms with Crippen LogP contribution in [0, 0.1) is 25.7 Å². The highest BCUT2D eigenvalue weighted by atomic mass is 16.5. The number of fused-ring (bicyclic) bond motifs is 1. The van der Waals surface area contributed by atoms with Gasteiger partial charge in [-0.25, -0.2) is 15.0 Å². The maximum Gasteiger partial charge on any atom is 0.165 e. The fraction of sp³-hybridized carbons (Fsp3) is 0.688. The van der Waals surface area contributed by atoms with Gasteiger partial charge in [0.15, 0.2) is 5.65 Å². The number of rotatable bonds is 3. The van der Waals surface area contributed by atoms with Crippen molar-refractivity contribution in [1.82, 2.24) is 19.5 Å². The average Bonchev–Trinajstić information content (AvgIpc) is 2.96. The highest BCUT2D eigenvalue weighted by molar-refractivity contribution is 5.73. The maximum atomic E-state index is 6.36. The van der Waals surface area contributed by atoms with Crippen molar-refractivity contribution in [3.63, 3.8) is 0 Å². The molecule has 21 heavy (non-hydrogen) atoms. The van der Waals surface area contributed by atoms with E-state index in [0.717, 1.165) is 35.5 Å². The van der Waals surface area contributed by atoms with E-state index in [1.165, 1.54) is 0 Å². The monoisotopic (exact) mass is 288 g/mol. The van der Waals surface area contributed by atoms with Crippen molar-refractivity contribution >= 4 is 11.2 Å². The molecule has 1 aliphatic rings. The minimum Gasteiger partial charge on any atom is -0.354 e. The van der Waals surface area contributed by atoms with Crippen LogP contribution in [0.4, 0.5) is 0 Å². The third kappa shape index (κ3) is 2.14. The Morgan fingerprint density at radius 2 is 1.95 bits per heavy atom. The molecular formula is C16H24N4O. The lowest BCUT2D eigenvalue weighted by Crippen LogP contribution is -2.18. The topological polar surface area (TPSA) is 52.8 Å². The van der Waals surface area contributed by atoms with E-state index in [-0.39, 0.29) is 6.23 Å². The fourth-order valence-electron chi connectivity index (χ4n) is 3.72. The van der Waals surface area contributed by atoms with Crippen molar-refractivity contribution in [2.45, 2.75) is 59.8 Å². The molecule has 3 heterocycles. The third-order valence-electron chi connectivity index (χ3n) is 4.88. The summed E-state index contributed by atoms with van der Waals surface area (Å²) in [7, 11) is 0. The van der Waals surface area contributed by atoms with Crippen LogP contribution in [0.3, 0.4) is 0 Å². The van der Waals surface area contributed by atoms with Gasteiger partial charge in [0.2, 0.25) is 0 Å². The number of aromatic nitrogens is 4. The van der Waals surface area contributed by atoms with Gasteiger partial charge in [-0.15, -0.1) is 0 Å². The summed E-state index contributed by atoms with van der Waals surface area (Å²) < 4.78 is 8.52. The van der Waals surface area contributed by atoms with Crippen molar-refractivity contribution in [3.05, 3.63) is 17.8 Å². The van der Waals surface area contributed by atoms with Crippen molar-refractivity contribution in [2.75, 3.05) is 0 Å². The lowest BCUT2D eigenvalue weighted by Gasteiger charge is -2.20. The molecule has 114 valence electrons. The first kappa shape index (κ1) is 14.4. The SMILES string of the molecule is CCC1C(C)[C@H](n2c(C)nc3c(C)ncnc32)O[C@@H]1CC. The molecule has 0 spiro atoms. The van der Waals surface area contributed by atoms with Crippen LogP contribution in [-0.2, 0) is 4.74 Å². The zero-order valence-corrected chi connectivity index (χ0v) is 13.5. The Morgan fingerprint density at radius 3 is 2.57 bits per heavy atom. The molecule has 2 aromatic heterocycles. The molecule has 1 saturated heterocycles. The molecule has 3 rings (SSSR count). The third-order valence-corrected chi connectivity index (χ3v) is 4.88. The molecule has 0 radical (unpaired) electrons. The molecule has 5 heteroatoms. The molecule has 0 amide bonds. The predicted molar refractivity (Wildman–Crippen MR) is 81.9 cm³/mol. The van der Waals surface area contributed by atoms with Gasteiger partial charge in [-0.1, -0.05) is 27.2 Å². The van der Waals surface area contributed by atoms with E-state index in [1.54, 1.807) is 6.33 Å². The predicted octanol–water partition coefficient (Wildman–Crippen LogP) is 3.41. The van der Waals surface area contributed by atoms with Gasteiger partial charge in [0.25, 0.3) is 0 Å². The number of imidazole rings is 1. The molecule has 0 saturated carbocycles. The molecule has 5 nitrogen and oxygen atoms in total. The second-order valence-corrected chi connectivity index (χ2v) is 6.06. The quantitative estimate of drug-likeness (QED) is 0.868. The average molecular weight is 288 g/mol. The van der Waals surface area contributed by atoms with Gasteiger partial charge in [-0.05, 0) is 26.2 Å². The van der Waals surface area contributed by atoms with Crippen molar-refractivity contribution in [2.24, 2.45) is 11.8 Å². The van der Waals surface area contributed by atoms with E-state index in [2.05, 4.69) is 40.3 Å². The van der Waals surface area contributed by atoms with Crippen LogP contribution in [0.5, 0.6) is 0 Å². The van der Waals surface area contributed by atoms with E-state index in [9.17, 15) is 0 Å². The van der Waals surface area contributed by atoms with Gasteiger partial charge >= 0.3 is 0 Å². The Hall–Kier alpha value is -1.49. The Bertz CT molecular complexity index is 651. The maximum absolute atomic E-state index is 6.36. The van der Waals surface area contributed by atoms with Crippen molar-refractivity contribution in [1.29, 1.82) is 0 Å². The summed E-state index contributed by atoms with van der Waals surface area (Å²) in [6, 6.07) is 0. The summed E-state index contributed by atoms with van der Waals surface area (Å²) in [4.78, 5) is 13.3. The first-order valence-electron chi connectivity index (χ1n) is 7.90. The Morgan fingerprint density at radius 1 is 1.19 bits per heavy atom. The smallest absolute Gasteiger partial charge is 0.165 e. The number of hydrogen-bond acceptors (Lipinski definition) is 4. The van der Waals surface area contributed by atoms with Crippen LogP contribution >= 0.6 is 0 Å². The summed E-state index contributed by atoms with van der Waals surface area (Å²) in [6.07, 6.45) is 4.17.